The molecule has 0 aliphatic carbocycles. The molecule has 5 heteroatoms. The monoisotopic (exact) mass is 242 g/mol. The summed E-state index contributed by atoms with van der Waals surface area (Å²) >= 11 is 0. The van der Waals surface area contributed by atoms with Crippen LogP contribution in [0.15, 0.2) is 0 Å². The topological polar surface area (TPSA) is 83.6 Å². The van der Waals surface area contributed by atoms with Gasteiger partial charge in [0.15, 0.2) is 0 Å². The lowest BCUT2D eigenvalue weighted by atomic mass is 9.99. The third-order valence-corrected chi connectivity index (χ3v) is 3.28. The van der Waals surface area contributed by atoms with Crippen molar-refractivity contribution < 1.29 is 14.7 Å². The first kappa shape index (κ1) is 14.0. The van der Waals surface area contributed by atoms with Gasteiger partial charge in [-0.25, -0.2) is 0 Å². The Morgan fingerprint density at radius 2 is 2.00 bits per heavy atom. The van der Waals surface area contributed by atoms with E-state index in [9.17, 15) is 9.59 Å². The molecule has 0 radical (unpaired) electrons. The molecule has 5 nitrogen and oxygen atoms in total. The fourth-order valence-corrected chi connectivity index (χ4v) is 2.31. The van der Waals surface area contributed by atoms with Gasteiger partial charge < -0.3 is 15.7 Å². The van der Waals surface area contributed by atoms with Gasteiger partial charge in [-0.05, 0) is 18.3 Å². The van der Waals surface area contributed by atoms with Gasteiger partial charge in [-0.15, -0.1) is 0 Å². The van der Waals surface area contributed by atoms with Crippen LogP contribution in [0.1, 0.15) is 27.2 Å². The van der Waals surface area contributed by atoms with Crippen LogP contribution in [-0.4, -0.2) is 41.0 Å². The van der Waals surface area contributed by atoms with Crippen LogP contribution in [0.25, 0.3) is 0 Å². The van der Waals surface area contributed by atoms with E-state index in [1.54, 1.807) is 4.90 Å². The molecule has 17 heavy (non-hydrogen) atoms. The molecule has 1 heterocycles. The van der Waals surface area contributed by atoms with E-state index in [0.29, 0.717) is 25.4 Å². The second-order valence-electron chi connectivity index (χ2n) is 5.40. The number of carbonyl (C=O) groups excluding carboxylic acids is 1. The summed E-state index contributed by atoms with van der Waals surface area (Å²) in [7, 11) is 0. The lowest BCUT2D eigenvalue weighted by Gasteiger charge is -2.21. The maximum Gasteiger partial charge on any atom is 0.308 e. The van der Waals surface area contributed by atoms with E-state index in [2.05, 4.69) is 0 Å². The highest BCUT2D eigenvalue weighted by atomic mass is 16.4. The zero-order valence-electron chi connectivity index (χ0n) is 10.7. The molecule has 0 aromatic heterocycles. The number of carboxylic acids is 1. The van der Waals surface area contributed by atoms with Gasteiger partial charge in [-0.1, -0.05) is 20.8 Å². The minimum atomic E-state index is -0.828. The molecule has 3 atom stereocenters. The van der Waals surface area contributed by atoms with Crippen LogP contribution in [0, 0.1) is 17.8 Å². The average molecular weight is 242 g/mol. The highest BCUT2D eigenvalue weighted by Gasteiger charge is 2.38. The summed E-state index contributed by atoms with van der Waals surface area (Å²) in [5.41, 5.74) is 5.83. The van der Waals surface area contributed by atoms with Crippen molar-refractivity contribution in [2.75, 3.05) is 13.1 Å². The molecule has 1 saturated heterocycles. The van der Waals surface area contributed by atoms with Crippen molar-refractivity contribution in [3.05, 3.63) is 0 Å². The maximum atomic E-state index is 12.0. The van der Waals surface area contributed by atoms with Crippen LogP contribution >= 0.6 is 0 Å². The summed E-state index contributed by atoms with van der Waals surface area (Å²) in [6, 6.07) is -0.505. The fraction of sp³-hybridized carbons (Fsp3) is 0.833. The second kappa shape index (κ2) is 5.49. The molecule has 1 aliphatic rings. The summed E-state index contributed by atoms with van der Waals surface area (Å²) in [5, 5.41) is 9.00. The van der Waals surface area contributed by atoms with Gasteiger partial charge in [0.2, 0.25) is 5.91 Å². The summed E-state index contributed by atoms with van der Waals surface area (Å²) in [6.45, 7) is 6.68. The summed E-state index contributed by atoms with van der Waals surface area (Å²) in [6.07, 6.45) is 0.640. The first-order valence-corrected chi connectivity index (χ1v) is 6.10. The average Bonchev–Trinajstić information content (AvgIpc) is 2.58. The van der Waals surface area contributed by atoms with Crippen molar-refractivity contribution in [2.24, 2.45) is 23.5 Å². The van der Waals surface area contributed by atoms with Gasteiger partial charge in [0.25, 0.3) is 0 Å². The quantitative estimate of drug-likeness (QED) is 0.753. The normalized spacial score (nSPS) is 26.3. The molecule has 0 bridgehead atoms. The molecule has 1 aliphatic heterocycles. The number of carbonyl (C=O) groups is 2. The molecule has 0 spiro atoms. The van der Waals surface area contributed by atoms with Gasteiger partial charge in [-0.3, -0.25) is 9.59 Å². The zero-order valence-corrected chi connectivity index (χ0v) is 10.7. The first-order chi connectivity index (χ1) is 7.82. The smallest absolute Gasteiger partial charge is 0.308 e. The van der Waals surface area contributed by atoms with Gasteiger partial charge in [0.05, 0.1) is 12.0 Å². The van der Waals surface area contributed by atoms with Crippen LogP contribution in [0.5, 0.6) is 0 Å². The van der Waals surface area contributed by atoms with E-state index in [0.717, 1.165) is 0 Å². The number of nitrogens with zero attached hydrogens (tertiary/aromatic N) is 1. The van der Waals surface area contributed by atoms with Crippen LogP contribution in [0.3, 0.4) is 0 Å². The van der Waals surface area contributed by atoms with Gasteiger partial charge >= 0.3 is 5.97 Å². The zero-order chi connectivity index (χ0) is 13.2. The number of hydrogen-bond donors (Lipinski definition) is 2. The Bertz CT molecular complexity index is 304. The van der Waals surface area contributed by atoms with Crippen molar-refractivity contribution in [1.82, 2.24) is 4.90 Å². The lowest BCUT2D eigenvalue weighted by Crippen LogP contribution is -2.43. The number of nitrogens with two attached hydrogens (primary N) is 1. The summed E-state index contributed by atoms with van der Waals surface area (Å²) < 4.78 is 0. The Morgan fingerprint density at radius 3 is 2.41 bits per heavy atom. The van der Waals surface area contributed by atoms with Gasteiger partial charge in [-0.2, -0.15) is 0 Å². The lowest BCUT2D eigenvalue weighted by molar-refractivity contribution is -0.142. The SMILES string of the molecule is CC(C)C[C@H](N)C(=O)N1C[C@@H](C)[C@H](C(=O)O)C1. The fourth-order valence-electron chi connectivity index (χ4n) is 2.31. The predicted octanol–water partition coefficient (Wildman–Crippen LogP) is 0.539. The standard InChI is InChI=1S/C12H22N2O3/c1-7(2)4-10(13)11(15)14-5-8(3)9(6-14)12(16)17/h7-10H,4-6,13H2,1-3H3,(H,16,17)/t8-,9-,10+/m1/s1. The molecule has 0 aromatic carbocycles. The minimum Gasteiger partial charge on any atom is -0.481 e. The Hall–Kier alpha value is -1.10. The van der Waals surface area contributed by atoms with E-state index in [1.165, 1.54) is 0 Å². The number of amides is 1. The van der Waals surface area contributed by atoms with E-state index in [4.69, 9.17) is 10.8 Å². The summed E-state index contributed by atoms with van der Waals surface area (Å²) in [4.78, 5) is 24.6. The van der Waals surface area contributed by atoms with Gasteiger partial charge in [0.1, 0.15) is 0 Å². The summed E-state index contributed by atoms with van der Waals surface area (Å²) in [5.74, 6) is -1.03. The molecular formula is C12H22N2O3. The molecule has 0 unspecified atom stereocenters. The van der Waals surface area contributed by atoms with E-state index >= 15 is 0 Å². The molecule has 1 amide bonds. The number of aliphatic carboxylic acids is 1. The van der Waals surface area contributed by atoms with Crippen molar-refractivity contribution in [3.8, 4) is 0 Å². The molecular weight excluding hydrogens is 220 g/mol. The molecule has 3 N–H and O–H groups in total. The molecule has 0 aromatic rings. The largest absolute Gasteiger partial charge is 0.481 e. The highest BCUT2D eigenvalue weighted by molar-refractivity contribution is 5.83. The van der Waals surface area contributed by atoms with E-state index in [1.807, 2.05) is 20.8 Å². The van der Waals surface area contributed by atoms with Crippen LogP contribution in [0.4, 0.5) is 0 Å². The van der Waals surface area contributed by atoms with Crippen molar-refractivity contribution in [2.45, 2.75) is 33.2 Å². The van der Waals surface area contributed by atoms with Crippen LogP contribution < -0.4 is 5.73 Å². The number of carboxylic acid groups (broad SMARTS) is 1. The van der Waals surface area contributed by atoms with Gasteiger partial charge in [0, 0.05) is 13.1 Å². The predicted molar refractivity (Wildman–Crippen MR) is 64.3 cm³/mol. The van der Waals surface area contributed by atoms with E-state index < -0.39 is 17.9 Å². The van der Waals surface area contributed by atoms with Crippen molar-refractivity contribution >= 4 is 11.9 Å². The number of likely N-dealkylation sites (tertiary alicyclic amines) is 1. The highest BCUT2D eigenvalue weighted by Crippen LogP contribution is 2.24. The van der Waals surface area contributed by atoms with E-state index in [-0.39, 0.29) is 11.8 Å². The molecule has 98 valence electrons. The third kappa shape index (κ3) is 3.43. The molecule has 1 rings (SSSR count). The number of hydrogen-bond acceptors (Lipinski definition) is 3. The maximum absolute atomic E-state index is 12.0. The van der Waals surface area contributed by atoms with Crippen LogP contribution in [0.2, 0.25) is 0 Å². The Labute approximate surface area is 102 Å². The third-order valence-electron chi connectivity index (χ3n) is 3.28. The Kier molecular flexibility index (Phi) is 4.51. The van der Waals surface area contributed by atoms with Crippen LogP contribution in [-0.2, 0) is 9.59 Å². The molecule has 0 saturated carbocycles. The first-order valence-electron chi connectivity index (χ1n) is 6.10. The molecule has 1 fully saturated rings. The minimum absolute atomic E-state index is 0.00250. The Morgan fingerprint density at radius 1 is 1.41 bits per heavy atom. The van der Waals surface area contributed by atoms with Crippen molar-refractivity contribution in [3.63, 3.8) is 0 Å². The number of rotatable bonds is 4. The second-order valence-corrected chi connectivity index (χ2v) is 5.40. The Balaban J connectivity index is 2.58. The van der Waals surface area contributed by atoms with Crippen molar-refractivity contribution in [1.29, 1.82) is 0 Å².